The van der Waals surface area contributed by atoms with Crippen LogP contribution in [0, 0.1) is 5.92 Å². The first-order chi connectivity index (χ1) is 11.9. The van der Waals surface area contributed by atoms with Crippen molar-refractivity contribution in [3.8, 4) is 0 Å². The van der Waals surface area contributed by atoms with Crippen LogP contribution in [-0.2, 0) is 19.1 Å². The van der Waals surface area contributed by atoms with Crippen LogP contribution in [0.3, 0.4) is 0 Å². The van der Waals surface area contributed by atoms with Crippen molar-refractivity contribution in [2.24, 2.45) is 5.92 Å². The third kappa shape index (κ3) is 6.45. The molecule has 0 saturated heterocycles. The molecule has 1 aromatic rings. The van der Waals surface area contributed by atoms with E-state index in [4.69, 9.17) is 9.47 Å². The topological polar surface area (TPSA) is 93.7 Å². The second-order valence-electron chi connectivity index (χ2n) is 5.65. The molecule has 138 valence electrons. The zero-order valence-corrected chi connectivity index (χ0v) is 15.1. The molecule has 0 aliphatic rings. The summed E-state index contributed by atoms with van der Waals surface area (Å²) in [5.41, 5.74) is 0.860. The van der Waals surface area contributed by atoms with Gasteiger partial charge in [0.1, 0.15) is 12.6 Å². The first-order valence-electron chi connectivity index (χ1n) is 8.36. The van der Waals surface area contributed by atoms with Gasteiger partial charge in [-0.2, -0.15) is 0 Å². The fourth-order valence-electron chi connectivity index (χ4n) is 2.18. The van der Waals surface area contributed by atoms with E-state index in [2.05, 4.69) is 10.6 Å². The van der Waals surface area contributed by atoms with E-state index >= 15 is 0 Å². The summed E-state index contributed by atoms with van der Waals surface area (Å²) in [6, 6.07) is 6.21. The van der Waals surface area contributed by atoms with Crippen molar-refractivity contribution in [3.63, 3.8) is 0 Å². The highest BCUT2D eigenvalue weighted by Gasteiger charge is 2.24. The Hall–Kier alpha value is -2.57. The number of rotatable bonds is 9. The number of anilines is 1. The highest BCUT2D eigenvalue weighted by atomic mass is 16.5. The summed E-state index contributed by atoms with van der Waals surface area (Å²) in [5.74, 6) is -1.37. The molecule has 0 bridgehead atoms. The monoisotopic (exact) mass is 350 g/mol. The minimum Gasteiger partial charge on any atom is -0.465 e. The molecule has 0 fully saturated rings. The van der Waals surface area contributed by atoms with E-state index in [0.717, 1.165) is 0 Å². The molecular weight excluding hydrogens is 324 g/mol. The van der Waals surface area contributed by atoms with Gasteiger partial charge >= 0.3 is 11.9 Å². The molecule has 0 saturated carbocycles. The lowest BCUT2D eigenvalue weighted by molar-refractivity contribution is -0.143. The maximum atomic E-state index is 12.4. The van der Waals surface area contributed by atoms with Crippen LogP contribution in [0.25, 0.3) is 0 Å². The summed E-state index contributed by atoms with van der Waals surface area (Å²) in [6.07, 6.45) is 0. The predicted molar refractivity (Wildman–Crippen MR) is 94.3 cm³/mol. The van der Waals surface area contributed by atoms with E-state index in [0.29, 0.717) is 11.3 Å². The molecule has 0 spiro atoms. The molecule has 1 unspecified atom stereocenters. The van der Waals surface area contributed by atoms with Gasteiger partial charge in [0.25, 0.3) is 0 Å². The summed E-state index contributed by atoms with van der Waals surface area (Å²) < 4.78 is 9.83. The number of carbonyl (C=O) groups excluding carboxylic acids is 3. The molecule has 0 aliphatic carbocycles. The van der Waals surface area contributed by atoms with Crippen molar-refractivity contribution >= 4 is 23.5 Å². The van der Waals surface area contributed by atoms with Gasteiger partial charge in [-0.05, 0) is 31.9 Å². The van der Waals surface area contributed by atoms with Gasteiger partial charge in [0.15, 0.2) is 0 Å². The molecule has 7 nitrogen and oxygen atoms in total. The van der Waals surface area contributed by atoms with E-state index < -0.39 is 18.0 Å². The van der Waals surface area contributed by atoms with Crippen LogP contribution in [0.2, 0.25) is 0 Å². The summed E-state index contributed by atoms with van der Waals surface area (Å²) in [6.45, 7) is 7.49. The smallest absolute Gasteiger partial charge is 0.340 e. The summed E-state index contributed by atoms with van der Waals surface area (Å²) in [7, 11) is 0. The lowest BCUT2D eigenvalue weighted by Gasteiger charge is -2.23. The van der Waals surface area contributed by atoms with Crippen LogP contribution in [0.5, 0.6) is 0 Å². The molecule has 2 N–H and O–H groups in total. The fourth-order valence-corrected chi connectivity index (χ4v) is 2.18. The Labute approximate surface area is 148 Å². The second-order valence-corrected chi connectivity index (χ2v) is 5.65. The average Bonchev–Trinajstić information content (AvgIpc) is 2.58. The zero-order chi connectivity index (χ0) is 18.8. The average molecular weight is 350 g/mol. The zero-order valence-electron chi connectivity index (χ0n) is 15.1. The van der Waals surface area contributed by atoms with Gasteiger partial charge in [0.05, 0.1) is 18.8 Å². The number of esters is 2. The van der Waals surface area contributed by atoms with Crippen molar-refractivity contribution in [1.29, 1.82) is 0 Å². The van der Waals surface area contributed by atoms with Gasteiger partial charge in [-0.3, -0.25) is 9.59 Å². The standard InChI is InChI=1S/C18H26N2O5/c1-5-24-15(21)11-19-17(22)16(12(3)4)20-14-10-8-7-9-13(14)18(23)25-6-2/h7-10,12,16,20H,5-6,11H2,1-4H3,(H,19,22). The Morgan fingerprint density at radius 3 is 2.28 bits per heavy atom. The first-order valence-corrected chi connectivity index (χ1v) is 8.36. The van der Waals surface area contributed by atoms with E-state index in [9.17, 15) is 14.4 Å². The van der Waals surface area contributed by atoms with E-state index in [1.807, 2.05) is 13.8 Å². The maximum Gasteiger partial charge on any atom is 0.340 e. The summed E-state index contributed by atoms with van der Waals surface area (Å²) in [4.78, 5) is 35.9. The predicted octanol–water partition coefficient (Wildman–Crippen LogP) is 1.98. The third-order valence-corrected chi connectivity index (χ3v) is 3.39. The van der Waals surface area contributed by atoms with Crippen molar-refractivity contribution in [3.05, 3.63) is 29.8 Å². The highest BCUT2D eigenvalue weighted by Crippen LogP contribution is 2.19. The Kier molecular flexibility index (Phi) is 8.46. The van der Waals surface area contributed by atoms with E-state index in [1.54, 1.807) is 38.1 Å². The Morgan fingerprint density at radius 1 is 1.04 bits per heavy atom. The number of ether oxygens (including phenoxy) is 2. The lowest BCUT2D eigenvalue weighted by Crippen LogP contribution is -2.45. The highest BCUT2D eigenvalue weighted by molar-refractivity contribution is 5.97. The second kappa shape index (κ2) is 10.3. The normalized spacial score (nSPS) is 11.6. The molecule has 1 rings (SSSR count). The van der Waals surface area contributed by atoms with Gasteiger partial charge in [-0.25, -0.2) is 4.79 Å². The van der Waals surface area contributed by atoms with Crippen molar-refractivity contribution in [2.75, 3.05) is 25.1 Å². The maximum absolute atomic E-state index is 12.4. The van der Waals surface area contributed by atoms with Gasteiger partial charge in [-0.15, -0.1) is 0 Å². The minimum atomic E-state index is -0.620. The SMILES string of the molecule is CCOC(=O)CNC(=O)C(Nc1ccccc1C(=O)OCC)C(C)C. The van der Waals surface area contributed by atoms with Crippen molar-refractivity contribution in [2.45, 2.75) is 33.7 Å². The van der Waals surface area contributed by atoms with E-state index in [-0.39, 0.29) is 31.6 Å². The van der Waals surface area contributed by atoms with Gasteiger partial charge in [-0.1, -0.05) is 26.0 Å². The minimum absolute atomic E-state index is 0.0718. The number of hydrogen-bond acceptors (Lipinski definition) is 6. The van der Waals surface area contributed by atoms with Gasteiger partial charge < -0.3 is 20.1 Å². The molecule has 25 heavy (non-hydrogen) atoms. The summed E-state index contributed by atoms with van der Waals surface area (Å²) in [5, 5.41) is 5.63. The Bertz CT molecular complexity index is 601. The molecule has 1 atom stereocenters. The Balaban J connectivity index is 2.86. The van der Waals surface area contributed by atoms with E-state index in [1.165, 1.54) is 0 Å². The van der Waals surface area contributed by atoms with Crippen LogP contribution < -0.4 is 10.6 Å². The summed E-state index contributed by atoms with van der Waals surface area (Å²) >= 11 is 0. The van der Waals surface area contributed by atoms with Crippen LogP contribution >= 0.6 is 0 Å². The number of amides is 1. The number of nitrogens with one attached hydrogen (secondary N) is 2. The molecule has 0 heterocycles. The molecule has 0 aliphatic heterocycles. The third-order valence-electron chi connectivity index (χ3n) is 3.39. The van der Waals surface area contributed by atoms with Crippen molar-refractivity contribution in [1.82, 2.24) is 5.32 Å². The van der Waals surface area contributed by atoms with Crippen molar-refractivity contribution < 1.29 is 23.9 Å². The number of carbonyl (C=O) groups is 3. The van der Waals surface area contributed by atoms with Gasteiger partial charge in [0.2, 0.25) is 5.91 Å². The van der Waals surface area contributed by atoms with Crippen LogP contribution in [0.1, 0.15) is 38.1 Å². The van der Waals surface area contributed by atoms with Crippen LogP contribution in [0.4, 0.5) is 5.69 Å². The fraction of sp³-hybridized carbons (Fsp3) is 0.500. The molecule has 1 aromatic carbocycles. The molecule has 0 aromatic heterocycles. The van der Waals surface area contributed by atoms with Gasteiger partial charge in [0, 0.05) is 5.69 Å². The number of benzene rings is 1. The number of para-hydroxylation sites is 1. The molecule has 1 amide bonds. The Morgan fingerprint density at radius 2 is 1.68 bits per heavy atom. The van der Waals surface area contributed by atoms with Crippen LogP contribution in [-0.4, -0.2) is 43.6 Å². The molecular formula is C18H26N2O5. The largest absolute Gasteiger partial charge is 0.465 e. The van der Waals surface area contributed by atoms with Crippen LogP contribution in [0.15, 0.2) is 24.3 Å². The molecule has 7 heteroatoms. The quantitative estimate of drug-likeness (QED) is 0.662. The molecule has 0 radical (unpaired) electrons. The number of hydrogen-bond donors (Lipinski definition) is 2. The first kappa shape index (κ1) is 20.5. The lowest BCUT2D eigenvalue weighted by atomic mass is 10.0.